The molecule has 0 amide bonds. The third-order valence-corrected chi connectivity index (χ3v) is 4.39. The Labute approximate surface area is 135 Å². The van der Waals surface area contributed by atoms with Gasteiger partial charge in [-0.05, 0) is 43.4 Å². The molecule has 0 aromatic heterocycles. The number of rotatable bonds is 12. The number of aliphatic hydroxyl groups is 2. The molecule has 0 fully saturated rings. The lowest BCUT2D eigenvalue weighted by atomic mass is 10.1. The molecule has 4 nitrogen and oxygen atoms in total. The van der Waals surface area contributed by atoms with E-state index in [1.807, 2.05) is 12.1 Å². The molecule has 0 saturated carbocycles. The highest BCUT2D eigenvalue weighted by atomic mass is 16.3. The lowest BCUT2D eigenvalue weighted by molar-refractivity contribution is -0.929. The van der Waals surface area contributed by atoms with E-state index in [-0.39, 0.29) is 13.2 Å². The largest absolute Gasteiger partial charge is 0.399 e. The van der Waals surface area contributed by atoms with Gasteiger partial charge in [-0.25, -0.2) is 0 Å². The number of aryl methyl sites for hydroxylation is 1. The van der Waals surface area contributed by atoms with Gasteiger partial charge in [-0.2, -0.15) is 0 Å². The minimum atomic E-state index is 0.226. The molecule has 4 heteroatoms. The second-order valence-electron chi connectivity index (χ2n) is 6.24. The molecule has 0 radical (unpaired) electrons. The normalized spacial score (nSPS) is 14.0. The Morgan fingerprint density at radius 3 is 2.14 bits per heavy atom. The molecule has 0 aliphatic rings. The van der Waals surface area contributed by atoms with Crippen molar-refractivity contribution in [1.82, 2.24) is 0 Å². The quantitative estimate of drug-likeness (QED) is 0.315. The number of unbranched alkanes of at least 4 members (excludes halogenated alkanes) is 1. The standard InChI is InChI=1S/C18H33N2O2/c1-2-11-20(14-16-22,13-5-15-21)12-4-3-6-17-7-9-18(19)10-8-17/h7-10,21-22H,2-6,11-16,19H2,1H3/q+1. The van der Waals surface area contributed by atoms with Crippen LogP contribution in [0.15, 0.2) is 24.3 Å². The summed E-state index contributed by atoms with van der Waals surface area (Å²) in [5.74, 6) is 0. The van der Waals surface area contributed by atoms with Crippen LogP contribution in [0, 0.1) is 0 Å². The molecule has 22 heavy (non-hydrogen) atoms. The van der Waals surface area contributed by atoms with E-state index in [9.17, 15) is 5.11 Å². The maximum Gasteiger partial charge on any atom is 0.102 e. The first-order valence-electron chi connectivity index (χ1n) is 8.57. The highest BCUT2D eigenvalue weighted by molar-refractivity contribution is 5.39. The van der Waals surface area contributed by atoms with Crippen molar-refractivity contribution in [2.75, 3.05) is 45.1 Å². The van der Waals surface area contributed by atoms with Crippen LogP contribution < -0.4 is 5.73 Å². The number of nitrogens with two attached hydrogens (primary N) is 1. The van der Waals surface area contributed by atoms with Gasteiger partial charge in [-0.1, -0.05) is 19.1 Å². The maximum absolute atomic E-state index is 9.40. The number of aliphatic hydroxyl groups excluding tert-OH is 2. The van der Waals surface area contributed by atoms with E-state index in [1.54, 1.807) is 0 Å². The van der Waals surface area contributed by atoms with Crippen LogP contribution in [0.2, 0.25) is 0 Å². The Kier molecular flexibility index (Phi) is 9.13. The highest BCUT2D eigenvalue weighted by Crippen LogP contribution is 2.14. The van der Waals surface area contributed by atoms with Gasteiger partial charge in [-0.15, -0.1) is 0 Å². The fourth-order valence-electron chi connectivity index (χ4n) is 3.22. The van der Waals surface area contributed by atoms with E-state index in [0.29, 0.717) is 0 Å². The minimum absolute atomic E-state index is 0.226. The van der Waals surface area contributed by atoms with E-state index >= 15 is 0 Å². The molecule has 0 aliphatic heterocycles. The molecular formula is C18H33N2O2+. The maximum atomic E-state index is 9.40. The molecule has 0 heterocycles. The minimum Gasteiger partial charge on any atom is -0.399 e. The third-order valence-electron chi connectivity index (χ3n) is 4.39. The van der Waals surface area contributed by atoms with Gasteiger partial charge in [-0.3, -0.25) is 0 Å². The predicted molar refractivity (Wildman–Crippen MR) is 92.6 cm³/mol. The van der Waals surface area contributed by atoms with Crippen LogP contribution >= 0.6 is 0 Å². The average Bonchev–Trinajstić information content (AvgIpc) is 2.52. The van der Waals surface area contributed by atoms with Crippen molar-refractivity contribution >= 4 is 5.69 Å². The zero-order valence-corrected chi connectivity index (χ0v) is 14.0. The zero-order chi connectivity index (χ0) is 16.3. The van der Waals surface area contributed by atoms with Crippen molar-refractivity contribution < 1.29 is 14.7 Å². The smallest absolute Gasteiger partial charge is 0.102 e. The summed E-state index contributed by atoms with van der Waals surface area (Å²) >= 11 is 0. The summed E-state index contributed by atoms with van der Waals surface area (Å²) in [6.07, 6.45) is 5.31. The van der Waals surface area contributed by atoms with Crippen LogP contribution in [0.1, 0.15) is 38.2 Å². The highest BCUT2D eigenvalue weighted by Gasteiger charge is 2.24. The Morgan fingerprint density at radius 1 is 0.864 bits per heavy atom. The number of nitrogen functional groups attached to an aromatic ring is 1. The summed E-state index contributed by atoms with van der Waals surface area (Å²) < 4.78 is 0.940. The Bertz CT molecular complexity index is 387. The number of benzene rings is 1. The number of quaternary nitrogens is 1. The van der Waals surface area contributed by atoms with Crippen LogP contribution in [0.4, 0.5) is 5.69 Å². The monoisotopic (exact) mass is 309 g/mol. The van der Waals surface area contributed by atoms with Crippen molar-refractivity contribution in [2.45, 2.75) is 39.0 Å². The Balaban J connectivity index is 2.45. The second kappa shape index (κ2) is 10.6. The second-order valence-corrected chi connectivity index (χ2v) is 6.24. The number of nitrogens with zero attached hydrogens (tertiary/aromatic N) is 1. The number of hydrogen-bond acceptors (Lipinski definition) is 3. The summed E-state index contributed by atoms with van der Waals surface area (Å²) in [6.45, 7) is 6.59. The van der Waals surface area contributed by atoms with E-state index in [1.165, 1.54) is 5.56 Å². The van der Waals surface area contributed by atoms with Crippen molar-refractivity contribution in [1.29, 1.82) is 0 Å². The summed E-state index contributed by atoms with van der Waals surface area (Å²) in [7, 11) is 0. The molecule has 4 N–H and O–H groups in total. The third kappa shape index (κ3) is 6.77. The molecule has 1 unspecified atom stereocenters. The van der Waals surface area contributed by atoms with Gasteiger partial charge < -0.3 is 20.4 Å². The molecule has 1 aromatic carbocycles. The van der Waals surface area contributed by atoms with Crippen LogP contribution in [-0.4, -0.2) is 54.1 Å². The van der Waals surface area contributed by atoms with E-state index < -0.39 is 0 Å². The topological polar surface area (TPSA) is 66.5 Å². The van der Waals surface area contributed by atoms with Gasteiger partial charge in [0.15, 0.2) is 0 Å². The van der Waals surface area contributed by atoms with Crippen LogP contribution in [-0.2, 0) is 6.42 Å². The molecule has 126 valence electrons. The number of anilines is 1. The van der Waals surface area contributed by atoms with Gasteiger partial charge in [0.25, 0.3) is 0 Å². The predicted octanol–water partition coefficient (Wildman–Crippen LogP) is 2.19. The van der Waals surface area contributed by atoms with Gasteiger partial charge in [0, 0.05) is 18.7 Å². The first-order chi connectivity index (χ1) is 10.7. The average molecular weight is 309 g/mol. The summed E-state index contributed by atoms with van der Waals surface area (Å²) in [4.78, 5) is 0. The first-order valence-corrected chi connectivity index (χ1v) is 8.57. The van der Waals surface area contributed by atoms with Crippen LogP contribution in [0.25, 0.3) is 0 Å². The molecule has 1 atom stereocenters. The van der Waals surface area contributed by atoms with Crippen molar-refractivity contribution in [2.24, 2.45) is 0 Å². The lowest BCUT2D eigenvalue weighted by Gasteiger charge is -2.38. The molecule has 0 bridgehead atoms. The molecular weight excluding hydrogens is 276 g/mol. The van der Waals surface area contributed by atoms with Crippen molar-refractivity contribution in [3.8, 4) is 0 Å². The summed E-state index contributed by atoms with van der Waals surface area (Å²) in [5.41, 5.74) is 7.85. The van der Waals surface area contributed by atoms with Gasteiger partial charge in [0.05, 0.1) is 26.2 Å². The molecule has 1 aromatic rings. The first kappa shape index (κ1) is 18.9. The Hall–Kier alpha value is -1.10. The fraction of sp³-hybridized carbons (Fsp3) is 0.667. The van der Waals surface area contributed by atoms with Crippen LogP contribution in [0.5, 0.6) is 0 Å². The molecule has 0 aliphatic carbocycles. The molecule has 1 rings (SSSR count). The van der Waals surface area contributed by atoms with E-state index in [4.69, 9.17) is 10.8 Å². The fourth-order valence-corrected chi connectivity index (χ4v) is 3.22. The molecule has 0 saturated heterocycles. The lowest BCUT2D eigenvalue weighted by Crippen LogP contribution is -2.52. The Morgan fingerprint density at radius 2 is 1.55 bits per heavy atom. The van der Waals surface area contributed by atoms with Crippen LogP contribution in [0.3, 0.4) is 0 Å². The number of hydrogen-bond donors (Lipinski definition) is 3. The van der Waals surface area contributed by atoms with Gasteiger partial charge in [0.2, 0.25) is 0 Å². The summed E-state index contributed by atoms with van der Waals surface area (Å²) in [5, 5.41) is 18.5. The van der Waals surface area contributed by atoms with E-state index in [2.05, 4.69) is 19.1 Å². The van der Waals surface area contributed by atoms with Crippen molar-refractivity contribution in [3.63, 3.8) is 0 Å². The van der Waals surface area contributed by atoms with Gasteiger partial charge in [0.1, 0.15) is 6.54 Å². The van der Waals surface area contributed by atoms with E-state index in [0.717, 1.165) is 68.5 Å². The van der Waals surface area contributed by atoms with Crippen molar-refractivity contribution in [3.05, 3.63) is 29.8 Å². The molecule has 0 spiro atoms. The summed E-state index contributed by atoms with van der Waals surface area (Å²) in [6, 6.07) is 8.12. The van der Waals surface area contributed by atoms with Gasteiger partial charge >= 0.3 is 0 Å². The SMILES string of the molecule is CCC[N+](CCO)(CCCO)CCCCc1ccc(N)cc1. The zero-order valence-electron chi connectivity index (χ0n) is 14.0.